The molecule has 0 bridgehead atoms. The molecule has 1 aliphatic heterocycles. The summed E-state index contributed by atoms with van der Waals surface area (Å²) < 4.78 is 0. The normalized spacial score (nSPS) is 44.2. The molecular formula is C15H31N3. The first-order chi connectivity index (χ1) is 8.49. The fraction of sp³-hybridized carbons (Fsp3) is 1.00. The highest BCUT2D eigenvalue weighted by molar-refractivity contribution is 5.02. The van der Waals surface area contributed by atoms with E-state index >= 15 is 0 Å². The van der Waals surface area contributed by atoms with E-state index in [4.69, 9.17) is 5.73 Å². The second-order valence-electron chi connectivity index (χ2n) is 6.89. The zero-order valence-corrected chi connectivity index (χ0v) is 12.7. The van der Waals surface area contributed by atoms with Crippen molar-refractivity contribution in [3.8, 4) is 0 Å². The van der Waals surface area contributed by atoms with Gasteiger partial charge in [-0.25, -0.2) is 0 Å². The smallest absolute Gasteiger partial charge is 0.0361 e. The lowest BCUT2D eigenvalue weighted by Crippen LogP contribution is -2.67. The summed E-state index contributed by atoms with van der Waals surface area (Å²) >= 11 is 0. The SMILES string of the molecule is CC1CCC(CN)(N2CCN(C)CC2C)C(C)C1. The van der Waals surface area contributed by atoms with Gasteiger partial charge in [-0.15, -0.1) is 0 Å². The molecule has 1 heterocycles. The molecule has 0 amide bonds. The molecule has 3 nitrogen and oxygen atoms in total. The molecular weight excluding hydrogens is 222 g/mol. The Morgan fingerprint density at radius 2 is 1.94 bits per heavy atom. The van der Waals surface area contributed by atoms with E-state index in [-0.39, 0.29) is 5.54 Å². The highest BCUT2D eigenvalue weighted by Crippen LogP contribution is 2.41. The first kappa shape index (κ1) is 14.3. The van der Waals surface area contributed by atoms with Crippen LogP contribution >= 0.6 is 0 Å². The number of likely N-dealkylation sites (N-methyl/N-ethyl adjacent to an activating group) is 1. The Balaban J connectivity index is 2.16. The predicted octanol–water partition coefficient (Wildman–Crippen LogP) is 1.78. The van der Waals surface area contributed by atoms with E-state index in [0.717, 1.165) is 18.4 Å². The van der Waals surface area contributed by atoms with Crippen LogP contribution in [-0.2, 0) is 0 Å². The van der Waals surface area contributed by atoms with Crippen molar-refractivity contribution >= 4 is 0 Å². The van der Waals surface area contributed by atoms with Gasteiger partial charge in [0, 0.05) is 37.8 Å². The topological polar surface area (TPSA) is 32.5 Å². The standard InChI is InChI=1S/C15H31N3/c1-12-5-6-15(11-16,13(2)9-12)18-8-7-17(4)10-14(18)3/h12-14H,5-11,16H2,1-4H3. The lowest BCUT2D eigenvalue weighted by molar-refractivity contribution is -0.0538. The van der Waals surface area contributed by atoms with Gasteiger partial charge in [0.15, 0.2) is 0 Å². The van der Waals surface area contributed by atoms with Gasteiger partial charge in [0.1, 0.15) is 0 Å². The van der Waals surface area contributed by atoms with Crippen LogP contribution in [0.2, 0.25) is 0 Å². The summed E-state index contributed by atoms with van der Waals surface area (Å²) in [6.45, 7) is 11.6. The average Bonchev–Trinajstić information content (AvgIpc) is 2.31. The minimum absolute atomic E-state index is 0.271. The van der Waals surface area contributed by atoms with Crippen molar-refractivity contribution in [2.45, 2.75) is 51.6 Å². The van der Waals surface area contributed by atoms with Crippen LogP contribution < -0.4 is 5.73 Å². The van der Waals surface area contributed by atoms with Crippen LogP contribution in [0.25, 0.3) is 0 Å². The van der Waals surface area contributed by atoms with E-state index in [0.29, 0.717) is 6.04 Å². The summed E-state index contributed by atoms with van der Waals surface area (Å²) in [5.74, 6) is 1.61. The van der Waals surface area contributed by atoms with E-state index in [1.807, 2.05) is 0 Å². The number of piperazine rings is 1. The third kappa shape index (κ3) is 2.45. The highest BCUT2D eigenvalue weighted by atomic mass is 15.3. The summed E-state index contributed by atoms with van der Waals surface area (Å²) in [5.41, 5.74) is 6.52. The van der Waals surface area contributed by atoms with Crippen molar-refractivity contribution in [3.63, 3.8) is 0 Å². The van der Waals surface area contributed by atoms with Gasteiger partial charge in [-0.05, 0) is 45.1 Å². The maximum Gasteiger partial charge on any atom is 0.0361 e. The minimum Gasteiger partial charge on any atom is -0.329 e. The highest BCUT2D eigenvalue weighted by Gasteiger charge is 2.46. The summed E-state index contributed by atoms with van der Waals surface area (Å²) in [5, 5.41) is 0. The van der Waals surface area contributed by atoms with Crippen LogP contribution in [0.3, 0.4) is 0 Å². The van der Waals surface area contributed by atoms with Crippen LogP contribution in [-0.4, -0.2) is 54.6 Å². The number of nitrogens with zero attached hydrogens (tertiary/aromatic N) is 2. The van der Waals surface area contributed by atoms with Crippen LogP contribution in [0.15, 0.2) is 0 Å². The van der Waals surface area contributed by atoms with Crippen molar-refractivity contribution in [1.29, 1.82) is 0 Å². The number of hydrogen-bond acceptors (Lipinski definition) is 3. The molecule has 18 heavy (non-hydrogen) atoms. The van der Waals surface area contributed by atoms with Gasteiger partial charge in [-0.3, -0.25) is 4.90 Å². The second kappa shape index (κ2) is 5.48. The Morgan fingerprint density at radius 1 is 1.22 bits per heavy atom. The molecule has 2 aliphatic rings. The number of hydrogen-bond donors (Lipinski definition) is 1. The van der Waals surface area contributed by atoms with Crippen molar-refractivity contribution < 1.29 is 0 Å². The molecule has 0 aromatic heterocycles. The van der Waals surface area contributed by atoms with Gasteiger partial charge < -0.3 is 10.6 Å². The monoisotopic (exact) mass is 253 g/mol. The van der Waals surface area contributed by atoms with Crippen molar-refractivity contribution in [3.05, 3.63) is 0 Å². The summed E-state index contributed by atoms with van der Waals surface area (Å²) in [7, 11) is 2.23. The fourth-order valence-electron chi connectivity index (χ4n) is 4.33. The first-order valence-electron chi connectivity index (χ1n) is 7.65. The predicted molar refractivity (Wildman–Crippen MR) is 77.6 cm³/mol. The molecule has 1 saturated carbocycles. The Bertz CT molecular complexity index is 281. The Morgan fingerprint density at radius 3 is 2.50 bits per heavy atom. The van der Waals surface area contributed by atoms with E-state index in [1.54, 1.807) is 0 Å². The van der Waals surface area contributed by atoms with Gasteiger partial charge in [0.25, 0.3) is 0 Å². The van der Waals surface area contributed by atoms with E-state index in [2.05, 4.69) is 37.6 Å². The maximum atomic E-state index is 6.25. The molecule has 4 unspecified atom stereocenters. The quantitative estimate of drug-likeness (QED) is 0.814. The summed E-state index contributed by atoms with van der Waals surface area (Å²) in [4.78, 5) is 5.19. The molecule has 1 saturated heterocycles. The van der Waals surface area contributed by atoms with Crippen LogP contribution in [0.5, 0.6) is 0 Å². The van der Waals surface area contributed by atoms with Gasteiger partial charge in [0.05, 0.1) is 0 Å². The zero-order valence-electron chi connectivity index (χ0n) is 12.7. The zero-order chi connectivity index (χ0) is 13.3. The Labute approximate surface area is 113 Å². The van der Waals surface area contributed by atoms with Crippen molar-refractivity contribution in [1.82, 2.24) is 9.80 Å². The van der Waals surface area contributed by atoms with Crippen LogP contribution in [0, 0.1) is 11.8 Å². The number of nitrogens with two attached hydrogens (primary N) is 1. The first-order valence-corrected chi connectivity index (χ1v) is 7.65. The lowest BCUT2D eigenvalue weighted by atomic mass is 9.68. The summed E-state index contributed by atoms with van der Waals surface area (Å²) in [6.07, 6.45) is 3.98. The largest absolute Gasteiger partial charge is 0.329 e. The third-order valence-electron chi connectivity index (χ3n) is 5.50. The molecule has 106 valence electrons. The Kier molecular flexibility index (Phi) is 4.35. The van der Waals surface area contributed by atoms with E-state index in [1.165, 1.54) is 38.9 Å². The van der Waals surface area contributed by atoms with Gasteiger partial charge >= 0.3 is 0 Å². The molecule has 2 N–H and O–H groups in total. The van der Waals surface area contributed by atoms with Gasteiger partial charge in [0.2, 0.25) is 0 Å². The molecule has 0 aromatic carbocycles. The van der Waals surface area contributed by atoms with Crippen molar-refractivity contribution in [2.75, 3.05) is 33.2 Å². The molecule has 0 aromatic rings. The molecule has 4 atom stereocenters. The van der Waals surface area contributed by atoms with Crippen LogP contribution in [0.4, 0.5) is 0 Å². The van der Waals surface area contributed by atoms with E-state index < -0.39 is 0 Å². The van der Waals surface area contributed by atoms with Crippen molar-refractivity contribution in [2.24, 2.45) is 17.6 Å². The number of rotatable bonds is 2. The average molecular weight is 253 g/mol. The minimum atomic E-state index is 0.271. The molecule has 0 radical (unpaired) electrons. The van der Waals surface area contributed by atoms with Crippen LogP contribution in [0.1, 0.15) is 40.0 Å². The molecule has 2 rings (SSSR count). The molecule has 3 heteroatoms. The lowest BCUT2D eigenvalue weighted by Gasteiger charge is -2.56. The molecule has 0 spiro atoms. The fourth-order valence-corrected chi connectivity index (χ4v) is 4.33. The third-order valence-corrected chi connectivity index (χ3v) is 5.50. The molecule has 2 fully saturated rings. The van der Waals surface area contributed by atoms with Gasteiger partial charge in [-0.1, -0.05) is 13.8 Å². The summed E-state index contributed by atoms with van der Waals surface area (Å²) in [6, 6.07) is 0.642. The Hall–Kier alpha value is -0.120. The van der Waals surface area contributed by atoms with Gasteiger partial charge in [-0.2, -0.15) is 0 Å². The second-order valence-corrected chi connectivity index (χ2v) is 6.89. The maximum absolute atomic E-state index is 6.25. The molecule has 1 aliphatic carbocycles. The van der Waals surface area contributed by atoms with E-state index in [9.17, 15) is 0 Å².